The van der Waals surface area contributed by atoms with Crippen LogP contribution in [-0.2, 0) is 11.2 Å². The number of hydrogen-bond acceptors (Lipinski definition) is 6. The number of nitrogens with zero attached hydrogens (tertiary/aromatic N) is 4. The monoisotopic (exact) mass is 520 g/mol. The molecule has 38 heavy (non-hydrogen) atoms. The Kier molecular flexibility index (Phi) is 7.35. The van der Waals surface area contributed by atoms with Crippen molar-refractivity contribution in [1.82, 2.24) is 14.9 Å². The van der Waals surface area contributed by atoms with Crippen LogP contribution < -0.4 is 9.64 Å². The Labute approximate surface area is 220 Å². The fourth-order valence-corrected chi connectivity index (χ4v) is 5.50. The van der Waals surface area contributed by atoms with Crippen LogP contribution in [0.3, 0.4) is 0 Å². The summed E-state index contributed by atoms with van der Waals surface area (Å²) in [5.74, 6) is -0.844. The molecule has 2 atom stereocenters. The molecule has 0 aliphatic carbocycles. The molecule has 3 heterocycles. The zero-order valence-corrected chi connectivity index (χ0v) is 21.5. The summed E-state index contributed by atoms with van der Waals surface area (Å²) in [7, 11) is 1.42. The molecule has 2 aromatic carbocycles. The topological polar surface area (TPSA) is 75.6 Å². The minimum Gasteiger partial charge on any atom is -0.496 e. The molecule has 0 N–H and O–H groups in total. The molecule has 9 heteroatoms. The molecule has 0 unspecified atom stereocenters. The van der Waals surface area contributed by atoms with Crippen molar-refractivity contribution in [2.45, 2.75) is 51.1 Å². The van der Waals surface area contributed by atoms with Gasteiger partial charge in [-0.05, 0) is 54.8 Å². The molecule has 5 rings (SSSR count). The molecule has 3 aromatic rings. The van der Waals surface area contributed by atoms with Crippen LogP contribution in [0, 0.1) is 11.6 Å². The summed E-state index contributed by atoms with van der Waals surface area (Å²) in [5.41, 5.74) is 1.52. The van der Waals surface area contributed by atoms with Crippen LogP contribution in [0.15, 0.2) is 48.7 Å². The Balaban J connectivity index is 1.36. The molecule has 0 radical (unpaired) electrons. The summed E-state index contributed by atoms with van der Waals surface area (Å²) in [6.07, 6.45) is 4.62. The molecule has 2 aliphatic rings. The highest BCUT2D eigenvalue weighted by Crippen LogP contribution is 2.37. The van der Waals surface area contributed by atoms with Crippen LogP contribution in [0.1, 0.15) is 48.7 Å². The number of carbonyl (C=O) groups is 2. The molecular weight excluding hydrogens is 490 g/mol. The second-order valence-electron chi connectivity index (χ2n) is 9.80. The molecule has 2 bridgehead atoms. The second kappa shape index (κ2) is 10.8. The highest BCUT2D eigenvalue weighted by Gasteiger charge is 2.45. The summed E-state index contributed by atoms with van der Waals surface area (Å²) in [6, 6.07) is 10.6. The molecule has 2 aliphatic heterocycles. The lowest BCUT2D eigenvalue weighted by molar-refractivity contribution is -0.132. The lowest BCUT2D eigenvalue weighted by Crippen LogP contribution is -2.49. The smallest absolute Gasteiger partial charge is 0.222 e. The SMILES string of the molecule is CCCCC(=O)N1C[C@H]2C[C@@H]1CN2c1ccc(F)cc1CC(=O)c1ccnc(-c2c(F)cccc2OC)n1. The van der Waals surface area contributed by atoms with E-state index in [-0.39, 0.29) is 53.0 Å². The number of anilines is 1. The third kappa shape index (κ3) is 4.97. The van der Waals surface area contributed by atoms with E-state index in [1.54, 1.807) is 12.1 Å². The van der Waals surface area contributed by atoms with Gasteiger partial charge in [-0.3, -0.25) is 9.59 Å². The Hall–Kier alpha value is -3.88. The zero-order chi connectivity index (χ0) is 26.8. The van der Waals surface area contributed by atoms with Gasteiger partial charge in [-0.15, -0.1) is 0 Å². The molecule has 2 saturated heterocycles. The lowest BCUT2D eigenvalue weighted by atomic mass is 10.0. The molecular formula is C29H30F2N4O3. The first kappa shape index (κ1) is 25.8. The highest BCUT2D eigenvalue weighted by atomic mass is 19.1. The van der Waals surface area contributed by atoms with Crippen LogP contribution in [0.25, 0.3) is 11.4 Å². The minimum atomic E-state index is -0.562. The maximum Gasteiger partial charge on any atom is 0.222 e. The molecule has 198 valence electrons. The number of carbonyl (C=O) groups excluding carboxylic acids is 2. The van der Waals surface area contributed by atoms with E-state index in [2.05, 4.69) is 21.8 Å². The predicted octanol–water partition coefficient (Wildman–Crippen LogP) is 4.84. The Bertz CT molecular complexity index is 1370. The first-order valence-corrected chi connectivity index (χ1v) is 12.9. The number of fused-ring (bicyclic) bond motifs is 2. The van der Waals surface area contributed by atoms with Gasteiger partial charge in [-0.2, -0.15) is 0 Å². The minimum absolute atomic E-state index is 0.0370. The summed E-state index contributed by atoms with van der Waals surface area (Å²) < 4.78 is 34.1. The first-order valence-electron chi connectivity index (χ1n) is 12.9. The van der Waals surface area contributed by atoms with Crippen molar-refractivity contribution in [3.8, 4) is 17.1 Å². The number of benzene rings is 2. The van der Waals surface area contributed by atoms with E-state index in [0.717, 1.165) is 24.9 Å². The van der Waals surface area contributed by atoms with Gasteiger partial charge in [-0.25, -0.2) is 18.7 Å². The molecule has 0 spiro atoms. The lowest BCUT2D eigenvalue weighted by Gasteiger charge is -2.36. The van der Waals surface area contributed by atoms with Gasteiger partial charge in [0.15, 0.2) is 11.6 Å². The second-order valence-corrected chi connectivity index (χ2v) is 9.80. The average Bonchev–Trinajstić information content (AvgIpc) is 3.53. The quantitative estimate of drug-likeness (QED) is 0.376. The summed E-state index contributed by atoms with van der Waals surface area (Å²) >= 11 is 0. The number of amides is 1. The van der Waals surface area contributed by atoms with Crippen molar-refractivity contribution in [3.05, 3.63) is 71.6 Å². The van der Waals surface area contributed by atoms with Crippen molar-refractivity contribution >= 4 is 17.4 Å². The van der Waals surface area contributed by atoms with E-state index in [0.29, 0.717) is 25.1 Å². The van der Waals surface area contributed by atoms with E-state index >= 15 is 0 Å². The molecule has 1 aromatic heterocycles. The number of Topliss-reactive ketones (excluding diaryl/α,β-unsaturated/α-hetero) is 1. The van der Waals surface area contributed by atoms with Crippen molar-refractivity contribution in [2.75, 3.05) is 25.1 Å². The highest BCUT2D eigenvalue weighted by molar-refractivity contribution is 5.97. The van der Waals surface area contributed by atoms with Crippen LogP contribution >= 0.6 is 0 Å². The Morgan fingerprint density at radius 2 is 1.95 bits per heavy atom. The average molecular weight is 521 g/mol. The number of likely N-dealkylation sites (tertiary alicyclic amines) is 1. The summed E-state index contributed by atoms with van der Waals surface area (Å²) in [6.45, 7) is 3.36. The first-order chi connectivity index (χ1) is 18.4. The fourth-order valence-electron chi connectivity index (χ4n) is 5.50. The van der Waals surface area contributed by atoms with Gasteiger partial charge in [0, 0.05) is 43.9 Å². The van der Waals surface area contributed by atoms with Crippen molar-refractivity contribution in [3.63, 3.8) is 0 Å². The number of halogens is 2. The van der Waals surface area contributed by atoms with E-state index in [1.807, 2.05) is 4.90 Å². The number of hydrogen-bond donors (Lipinski definition) is 0. The van der Waals surface area contributed by atoms with Crippen molar-refractivity contribution in [2.24, 2.45) is 0 Å². The van der Waals surface area contributed by atoms with Gasteiger partial charge < -0.3 is 14.5 Å². The van der Waals surface area contributed by atoms with Gasteiger partial charge >= 0.3 is 0 Å². The number of piperazine rings is 1. The maximum absolute atomic E-state index is 14.6. The predicted molar refractivity (Wildman–Crippen MR) is 139 cm³/mol. The number of unbranched alkanes of at least 4 members (excludes halogenated alkanes) is 1. The van der Waals surface area contributed by atoms with E-state index < -0.39 is 11.6 Å². The van der Waals surface area contributed by atoms with Gasteiger partial charge in [-0.1, -0.05) is 19.4 Å². The van der Waals surface area contributed by atoms with Crippen LogP contribution in [0.4, 0.5) is 14.5 Å². The number of methoxy groups -OCH3 is 1. The van der Waals surface area contributed by atoms with E-state index in [4.69, 9.17) is 4.74 Å². The van der Waals surface area contributed by atoms with Crippen LogP contribution in [0.5, 0.6) is 5.75 Å². The Morgan fingerprint density at radius 3 is 2.68 bits per heavy atom. The van der Waals surface area contributed by atoms with Gasteiger partial charge in [0.05, 0.1) is 18.7 Å². The van der Waals surface area contributed by atoms with E-state index in [1.165, 1.54) is 43.6 Å². The largest absolute Gasteiger partial charge is 0.496 e. The summed E-state index contributed by atoms with van der Waals surface area (Å²) in [4.78, 5) is 38.5. The van der Waals surface area contributed by atoms with Gasteiger partial charge in [0.2, 0.25) is 5.91 Å². The standard InChI is InChI=1S/C29H30F2N4O3/c1-3-4-8-27(37)35-17-20-15-21(35)16-34(20)24-10-9-19(30)13-18(24)14-25(36)23-11-12-32-29(33-23)28-22(31)6-5-7-26(28)38-2/h5-7,9-13,20-21H,3-4,8,14-17H2,1-2H3/t20-,21-/m1/s1. The summed E-state index contributed by atoms with van der Waals surface area (Å²) in [5, 5.41) is 0. The number of ketones is 1. The van der Waals surface area contributed by atoms with E-state index in [9.17, 15) is 18.4 Å². The molecule has 7 nitrogen and oxygen atoms in total. The van der Waals surface area contributed by atoms with Crippen LogP contribution in [-0.4, -0.2) is 58.8 Å². The normalized spacial score (nSPS) is 18.2. The third-order valence-electron chi connectivity index (χ3n) is 7.37. The van der Waals surface area contributed by atoms with Gasteiger partial charge in [0.25, 0.3) is 0 Å². The van der Waals surface area contributed by atoms with Crippen LogP contribution in [0.2, 0.25) is 0 Å². The molecule has 1 amide bonds. The maximum atomic E-state index is 14.6. The fraction of sp³-hybridized carbons (Fsp3) is 0.379. The Morgan fingerprint density at radius 1 is 1.11 bits per heavy atom. The molecule has 0 saturated carbocycles. The van der Waals surface area contributed by atoms with Crippen molar-refractivity contribution in [1.29, 1.82) is 0 Å². The number of rotatable bonds is 9. The molecule has 2 fully saturated rings. The third-order valence-corrected chi connectivity index (χ3v) is 7.37. The van der Waals surface area contributed by atoms with Gasteiger partial charge in [0.1, 0.15) is 23.1 Å². The number of ether oxygens (including phenoxy) is 1. The zero-order valence-electron chi connectivity index (χ0n) is 21.5. The van der Waals surface area contributed by atoms with Crippen molar-refractivity contribution < 1.29 is 23.1 Å². The number of aromatic nitrogens is 2.